The lowest BCUT2D eigenvalue weighted by Crippen LogP contribution is -2.00. The summed E-state index contributed by atoms with van der Waals surface area (Å²) in [6.45, 7) is 4.24. The summed E-state index contributed by atoms with van der Waals surface area (Å²) >= 11 is 0. The van der Waals surface area contributed by atoms with Gasteiger partial charge in [-0.2, -0.15) is 0 Å². The molecule has 0 bridgehead atoms. The number of aromatic amines is 1. The monoisotopic (exact) mass is 349 g/mol. The Morgan fingerprint density at radius 1 is 0.852 bits per heavy atom. The predicted octanol–water partition coefficient (Wildman–Crippen LogP) is 5.94. The quantitative estimate of drug-likeness (QED) is 0.478. The minimum atomic E-state index is 1.04. The number of nitrogens with one attached hydrogen (secondary N) is 1. The first-order valence-corrected chi connectivity index (χ1v) is 9.11. The SMILES string of the molecule is CC1=Nc2ccccc2/C1=C(/c1ccncc1)c1c(C)[nH]c2ccccc12. The minimum absolute atomic E-state index is 1.04. The van der Waals surface area contributed by atoms with Crippen LogP contribution in [0.15, 0.2) is 78.0 Å². The maximum absolute atomic E-state index is 4.83. The number of aromatic nitrogens is 2. The highest BCUT2D eigenvalue weighted by Crippen LogP contribution is 2.44. The van der Waals surface area contributed by atoms with Gasteiger partial charge in [0.1, 0.15) is 0 Å². The van der Waals surface area contributed by atoms with E-state index in [1.807, 2.05) is 18.5 Å². The standard InChI is InChI=1S/C24H19N3/c1-15-22(18-7-3-5-9-20(18)26-15)24(17-11-13-25-14-12-17)23-16(2)27-21-10-6-4-8-19(21)23/h3-14,26H,1-2H3/b24-23-. The summed E-state index contributed by atoms with van der Waals surface area (Å²) in [6.07, 6.45) is 3.71. The van der Waals surface area contributed by atoms with E-state index in [1.54, 1.807) is 0 Å². The van der Waals surface area contributed by atoms with E-state index in [9.17, 15) is 0 Å². The van der Waals surface area contributed by atoms with Crippen molar-refractivity contribution in [2.75, 3.05) is 0 Å². The zero-order valence-electron chi connectivity index (χ0n) is 15.3. The number of pyridine rings is 1. The molecule has 0 saturated carbocycles. The highest BCUT2D eigenvalue weighted by molar-refractivity contribution is 6.36. The second-order valence-corrected chi connectivity index (χ2v) is 6.87. The number of fused-ring (bicyclic) bond motifs is 2. The molecule has 0 saturated heterocycles. The van der Waals surface area contributed by atoms with Crippen molar-refractivity contribution in [3.63, 3.8) is 0 Å². The summed E-state index contributed by atoms with van der Waals surface area (Å²) in [7, 11) is 0. The molecule has 3 nitrogen and oxygen atoms in total. The molecule has 27 heavy (non-hydrogen) atoms. The van der Waals surface area contributed by atoms with Crippen molar-refractivity contribution in [2.24, 2.45) is 4.99 Å². The van der Waals surface area contributed by atoms with Crippen molar-refractivity contribution in [1.29, 1.82) is 0 Å². The van der Waals surface area contributed by atoms with Crippen LogP contribution < -0.4 is 0 Å². The third kappa shape index (κ3) is 2.43. The zero-order chi connectivity index (χ0) is 18.4. The molecule has 0 atom stereocenters. The van der Waals surface area contributed by atoms with Gasteiger partial charge in [-0.1, -0.05) is 36.4 Å². The summed E-state index contributed by atoms with van der Waals surface area (Å²) in [5.74, 6) is 0. The lowest BCUT2D eigenvalue weighted by Gasteiger charge is -2.15. The molecule has 0 radical (unpaired) electrons. The molecular formula is C24H19N3. The van der Waals surface area contributed by atoms with Gasteiger partial charge in [-0.3, -0.25) is 9.98 Å². The van der Waals surface area contributed by atoms with Gasteiger partial charge in [0.05, 0.1) is 5.69 Å². The Hall–Kier alpha value is -3.46. The average molecular weight is 349 g/mol. The molecule has 0 aliphatic carbocycles. The maximum Gasteiger partial charge on any atom is 0.0712 e. The third-order valence-electron chi connectivity index (χ3n) is 5.19. The van der Waals surface area contributed by atoms with Gasteiger partial charge in [0.2, 0.25) is 0 Å². The molecule has 2 aromatic heterocycles. The fraction of sp³-hybridized carbons (Fsp3) is 0.0833. The number of allylic oxidation sites excluding steroid dienone is 1. The van der Waals surface area contributed by atoms with Crippen LogP contribution >= 0.6 is 0 Å². The second kappa shape index (κ2) is 6.06. The fourth-order valence-electron chi connectivity index (χ4n) is 4.06. The van der Waals surface area contributed by atoms with Crippen LogP contribution in [0, 0.1) is 6.92 Å². The molecule has 5 rings (SSSR count). The molecule has 0 unspecified atom stereocenters. The van der Waals surface area contributed by atoms with Gasteiger partial charge < -0.3 is 4.98 Å². The van der Waals surface area contributed by atoms with E-state index < -0.39 is 0 Å². The Labute approximate surface area is 158 Å². The first-order chi connectivity index (χ1) is 13.2. The summed E-state index contributed by atoms with van der Waals surface area (Å²) in [4.78, 5) is 12.6. The normalized spacial score (nSPS) is 15.0. The van der Waals surface area contributed by atoms with E-state index in [0.29, 0.717) is 0 Å². The number of aliphatic imine (C=N–C) groups is 1. The van der Waals surface area contributed by atoms with Gasteiger partial charge >= 0.3 is 0 Å². The molecule has 2 aromatic carbocycles. The molecule has 1 aliphatic heterocycles. The van der Waals surface area contributed by atoms with Crippen LogP contribution in [-0.4, -0.2) is 15.7 Å². The van der Waals surface area contributed by atoms with E-state index in [1.165, 1.54) is 27.7 Å². The van der Waals surface area contributed by atoms with E-state index in [4.69, 9.17) is 4.99 Å². The predicted molar refractivity (Wildman–Crippen MR) is 112 cm³/mol. The molecule has 3 heterocycles. The number of hydrogen-bond donors (Lipinski definition) is 1. The number of para-hydroxylation sites is 2. The third-order valence-corrected chi connectivity index (χ3v) is 5.19. The molecule has 0 fully saturated rings. The Bertz CT molecular complexity index is 1230. The van der Waals surface area contributed by atoms with Crippen LogP contribution in [0.2, 0.25) is 0 Å². The van der Waals surface area contributed by atoms with Crippen molar-refractivity contribution >= 4 is 33.4 Å². The minimum Gasteiger partial charge on any atom is -0.358 e. The lowest BCUT2D eigenvalue weighted by atomic mass is 9.87. The molecule has 4 aromatic rings. The van der Waals surface area contributed by atoms with E-state index >= 15 is 0 Å². The fourth-order valence-corrected chi connectivity index (χ4v) is 4.06. The van der Waals surface area contributed by atoms with Crippen molar-refractivity contribution in [1.82, 2.24) is 9.97 Å². The van der Waals surface area contributed by atoms with Crippen LogP contribution in [0.1, 0.15) is 29.3 Å². The number of rotatable bonds is 2. The first-order valence-electron chi connectivity index (χ1n) is 9.11. The Kier molecular flexibility index (Phi) is 3.54. The second-order valence-electron chi connectivity index (χ2n) is 6.87. The molecule has 130 valence electrons. The Balaban J connectivity index is 1.93. The molecule has 0 spiro atoms. The van der Waals surface area contributed by atoms with Crippen LogP contribution in [0.4, 0.5) is 5.69 Å². The highest BCUT2D eigenvalue weighted by atomic mass is 14.8. The van der Waals surface area contributed by atoms with E-state index in [2.05, 4.69) is 78.4 Å². The first kappa shape index (κ1) is 15.8. The van der Waals surface area contributed by atoms with E-state index in [0.717, 1.165) is 28.2 Å². The number of hydrogen-bond acceptors (Lipinski definition) is 2. The van der Waals surface area contributed by atoms with Gasteiger partial charge in [0, 0.05) is 57.0 Å². The van der Waals surface area contributed by atoms with Crippen LogP contribution in [0.25, 0.3) is 22.0 Å². The van der Waals surface area contributed by atoms with Crippen molar-refractivity contribution in [3.05, 3.63) is 95.4 Å². The lowest BCUT2D eigenvalue weighted by molar-refractivity contribution is 1.28. The summed E-state index contributed by atoms with van der Waals surface area (Å²) < 4.78 is 0. The Morgan fingerprint density at radius 2 is 1.59 bits per heavy atom. The zero-order valence-corrected chi connectivity index (χ0v) is 15.3. The van der Waals surface area contributed by atoms with Gasteiger partial charge in [-0.25, -0.2) is 0 Å². The summed E-state index contributed by atoms with van der Waals surface area (Å²) in [5.41, 5.74) is 10.4. The smallest absolute Gasteiger partial charge is 0.0712 e. The van der Waals surface area contributed by atoms with Crippen molar-refractivity contribution in [3.8, 4) is 0 Å². The van der Waals surface area contributed by atoms with E-state index in [-0.39, 0.29) is 0 Å². The maximum atomic E-state index is 4.83. The number of aryl methyl sites for hydroxylation is 1. The number of H-pyrrole nitrogens is 1. The van der Waals surface area contributed by atoms with Crippen molar-refractivity contribution < 1.29 is 0 Å². The van der Waals surface area contributed by atoms with Crippen LogP contribution in [0.3, 0.4) is 0 Å². The topological polar surface area (TPSA) is 41.0 Å². The molecule has 1 N–H and O–H groups in total. The van der Waals surface area contributed by atoms with Gasteiger partial charge in [-0.05, 0) is 43.7 Å². The van der Waals surface area contributed by atoms with Gasteiger partial charge in [0.25, 0.3) is 0 Å². The molecule has 1 aliphatic rings. The van der Waals surface area contributed by atoms with Gasteiger partial charge in [0.15, 0.2) is 0 Å². The largest absolute Gasteiger partial charge is 0.358 e. The summed E-state index contributed by atoms with van der Waals surface area (Å²) in [6, 6.07) is 21.0. The molecular weight excluding hydrogens is 330 g/mol. The van der Waals surface area contributed by atoms with Crippen molar-refractivity contribution in [2.45, 2.75) is 13.8 Å². The number of nitrogens with zero attached hydrogens (tertiary/aromatic N) is 2. The summed E-state index contributed by atoms with van der Waals surface area (Å²) in [5, 5.41) is 1.23. The molecule has 3 heteroatoms. The highest BCUT2D eigenvalue weighted by Gasteiger charge is 2.25. The number of benzene rings is 2. The average Bonchev–Trinajstić information content (AvgIpc) is 3.20. The van der Waals surface area contributed by atoms with Gasteiger partial charge in [-0.15, -0.1) is 0 Å². The van der Waals surface area contributed by atoms with Crippen LogP contribution in [0.5, 0.6) is 0 Å². The van der Waals surface area contributed by atoms with Crippen LogP contribution in [-0.2, 0) is 0 Å². The molecule has 0 amide bonds. The Morgan fingerprint density at radius 3 is 2.44 bits per heavy atom.